The van der Waals surface area contributed by atoms with E-state index in [-0.39, 0.29) is 0 Å². The molecule has 1 saturated carbocycles. The minimum absolute atomic E-state index is 0.400. The van der Waals surface area contributed by atoms with Crippen LogP contribution in [0, 0.1) is 0 Å². The van der Waals surface area contributed by atoms with Gasteiger partial charge in [-0.05, 0) is 45.2 Å². The number of hydrogen-bond donors (Lipinski definition) is 2. The molecule has 2 fully saturated rings. The first-order valence-corrected chi connectivity index (χ1v) is 7.40. The molecule has 0 spiro atoms. The molecule has 0 radical (unpaired) electrons. The molecule has 3 heteroatoms. The van der Waals surface area contributed by atoms with Crippen LogP contribution in [0.25, 0.3) is 0 Å². The van der Waals surface area contributed by atoms with Crippen molar-refractivity contribution in [3.8, 4) is 0 Å². The Labute approximate surface area is 105 Å². The third-order valence-electron chi connectivity index (χ3n) is 4.53. The summed E-state index contributed by atoms with van der Waals surface area (Å²) in [5, 5.41) is 10.6. The second kappa shape index (κ2) is 6.17. The average Bonchev–Trinajstić information content (AvgIpc) is 2.32. The van der Waals surface area contributed by atoms with Gasteiger partial charge in [-0.15, -0.1) is 0 Å². The molecule has 0 bridgehead atoms. The Balaban J connectivity index is 1.90. The van der Waals surface area contributed by atoms with Crippen LogP contribution in [0.15, 0.2) is 0 Å². The van der Waals surface area contributed by atoms with Crippen molar-refractivity contribution in [1.29, 1.82) is 0 Å². The van der Waals surface area contributed by atoms with Gasteiger partial charge in [-0.2, -0.15) is 0 Å². The summed E-state index contributed by atoms with van der Waals surface area (Å²) in [5.41, 5.74) is 5.30. The van der Waals surface area contributed by atoms with Gasteiger partial charge in [-0.25, -0.2) is 0 Å². The van der Waals surface area contributed by atoms with Crippen molar-refractivity contribution in [3.63, 3.8) is 0 Å². The zero-order valence-corrected chi connectivity index (χ0v) is 11.0. The van der Waals surface area contributed by atoms with E-state index in [2.05, 4.69) is 4.90 Å². The summed E-state index contributed by atoms with van der Waals surface area (Å²) in [6.07, 6.45) is 10.7. The van der Waals surface area contributed by atoms with Gasteiger partial charge in [0.15, 0.2) is 0 Å². The zero-order valence-electron chi connectivity index (χ0n) is 11.0. The van der Waals surface area contributed by atoms with E-state index >= 15 is 0 Å². The van der Waals surface area contributed by atoms with Crippen molar-refractivity contribution < 1.29 is 5.11 Å². The molecule has 0 aromatic heterocycles. The van der Waals surface area contributed by atoms with Gasteiger partial charge in [-0.1, -0.05) is 25.7 Å². The lowest BCUT2D eigenvalue weighted by Gasteiger charge is -2.42. The van der Waals surface area contributed by atoms with Gasteiger partial charge in [0.05, 0.1) is 5.60 Å². The van der Waals surface area contributed by atoms with Crippen molar-refractivity contribution in [1.82, 2.24) is 4.90 Å². The number of hydrogen-bond acceptors (Lipinski definition) is 3. The summed E-state index contributed by atoms with van der Waals surface area (Å²) < 4.78 is 0. The van der Waals surface area contributed by atoms with E-state index in [1.54, 1.807) is 0 Å². The van der Waals surface area contributed by atoms with E-state index in [0.29, 0.717) is 6.04 Å². The molecule has 1 saturated heterocycles. The minimum Gasteiger partial charge on any atom is -0.389 e. The second-order valence-corrected chi connectivity index (χ2v) is 5.98. The largest absolute Gasteiger partial charge is 0.389 e. The van der Waals surface area contributed by atoms with E-state index in [0.717, 1.165) is 38.9 Å². The maximum absolute atomic E-state index is 10.6. The predicted molar refractivity (Wildman–Crippen MR) is 70.9 cm³/mol. The van der Waals surface area contributed by atoms with Crippen LogP contribution in [0.4, 0.5) is 0 Å². The number of β-amino-alcohol motifs (C(OH)–C–C–N with tert-alkyl or cyclic N) is 1. The molecule has 0 amide bonds. The molecular weight excluding hydrogens is 212 g/mol. The molecule has 17 heavy (non-hydrogen) atoms. The smallest absolute Gasteiger partial charge is 0.0774 e. The van der Waals surface area contributed by atoms with Crippen LogP contribution in [-0.4, -0.2) is 41.3 Å². The third-order valence-corrected chi connectivity index (χ3v) is 4.53. The Bertz CT molecular complexity index is 224. The number of aliphatic hydroxyl groups is 1. The van der Waals surface area contributed by atoms with Gasteiger partial charge < -0.3 is 10.8 Å². The van der Waals surface area contributed by atoms with E-state index in [1.807, 2.05) is 0 Å². The fraction of sp³-hybridized carbons (Fsp3) is 1.00. The monoisotopic (exact) mass is 240 g/mol. The fourth-order valence-corrected chi connectivity index (χ4v) is 3.53. The molecule has 1 heterocycles. The van der Waals surface area contributed by atoms with Crippen LogP contribution in [-0.2, 0) is 0 Å². The summed E-state index contributed by atoms with van der Waals surface area (Å²) in [5.74, 6) is 0. The highest BCUT2D eigenvalue weighted by atomic mass is 16.3. The SMILES string of the molecule is NCCC1CCCCN1CC1(O)CCCCC1. The van der Waals surface area contributed by atoms with Gasteiger partial charge >= 0.3 is 0 Å². The molecule has 1 aliphatic heterocycles. The molecule has 3 nitrogen and oxygen atoms in total. The van der Waals surface area contributed by atoms with E-state index in [9.17, 15) is 5.11 Å². The predicted octanol–water partition coefficient (Wildman–Crippen LogP) is 1.88. The lowest BCUT2D eigenvalue weighted by atomic mass is 9.83. The van der Waals surface area contributed by atoms with Gasteiger partial charge in [-0.3, -0.25) is 4.90 Å². The van der Waals surface area contributed by atoms with Crippen LogP contribution in [0.2, 0.25) is 0 Å². The number of likely N-dealkylation sites (tertiary alicyclic amines) is 1. The maximum Gasteiger partial charge on any atom is 0.0774 e. The van der Waals surface area contributed by atoms with Gasteiger partial charge in [0.2, 0.25) is 0 Å². The maximum atomic E-state index is 10.6. The molecule has 1 atom stereocenters. The Morgan fingerprint density at radius 2 is 1.88 bits per heavy atom. The lowest BCUT2D eigenvalue weighted by Crippen LogP contribution is -2.50. The van der Waals surface area contributed by atoms with Crippen molar-refractivity contribution in [2.24, 2.45) is 5.73 Å². The Kier molecular flexibility index (Phi) is 4.83. The molecule has 100 valence electrons. The van der Waals surface area contributed by atoms with Crippen LogP contribution in [0.5, 0.6) is 0 Å². The number of rotatable bonds is 4. The number of nitrogens with two attached hydrogens (primary N) is 1. The highest BCUT2D eigenvalue weighted by molar-refractivity contribution is 4.89. The molecule has 2 aliphatic rings. The van der Waals surface area contributed by atoms with E-state index in [4.69, 9.17) is 5.73 Å². The molecule has 1 unspecified atom stereocenters. The second-order valence-electron chi connectivity index (χ2n) is 5.98. The summed E-state index contributed by atoms with van der Waals surface area (Å²) in [6.45, 7) is 2.82. The third kappa shape index (κ3) is 3.67. The van der Waals surface area contributed by atoms with E-state index < -0.39 is 5.60 Å². The first kappa shape index (κ1) is 13.3. The van der Waals surface area contributed by atoms with Crippen molar-refractivity contribution in [2.75, 3.05) is 19.6 Å². The standard InChI is InChI=1S/C14H28N2O/c15-10-7-13-6-2-5-11-16(13)12-14(17)8-3-1-4-9-14/h13,17H,1-12,15H2. The molecular formula is C14H28N2O. The van der Waals surface area contributed by atoms with Crippen LogP contribution in [0.3, 0.4) is 0 Å². The fourth-order valence-electron chi connectivity index (χ4n) is 3.53. The Morgan fingerprint density at radius 1 is 1.12 bits per heavy atom. The highest BCUT2D eigenvalue weighted by Gasteiger charge is 2.34. The van der Waals surface area contributed by atoms with Crippen molar-refractivity contribution in [3.05, 3.63) is 0 Å². The first-order valence-electron chi connectivity index (χ1n) is 7.40. The number of nitrogens with zero attached hydrogens (tertiary/aromatic N) is 1. The normalized spacial score (nSPS) is 30.4. The van der Waals surface area contributed by atoms with E-state index in [1.165, 1.54) is 38.5 Å². The summed E-state index contributed by atoms with van der Waals surface area (Å²) in [4.78, 5) is 2.52. The first-order chi connectivity index (χ1) is 8.23. The summed E-state index contributed by atoms with van der Waals surface area (Å²) >= 11 is 0. The summed E-state index contributed by atoms with van der Waals surface area (Å²) in [7, 11) is 0. The quantitative estimate of drug-likeness (QED) is 0.789. The van der Waals surface area contributed by atoms with Gasteiger partial charge in [0, 0.05) is 12.6 Å². The van der Waals surface area contributed by atoms with Gasteiger partial charge in [0.1, 0.15) is 0 Å². The molecule has 2 rings (SSSR count). The molecule has 1 aliphatic carbocycles. The van der Waals surface area contributed by atoms with Crippen molar-refractivity contribution >= 4 is 0 Å². The summed E-state index contributed by atoms with van der Waals surface area (Å²) in [6, 6.07) is 0.625. The van der Waals surface area contributed by atoms with Crippen LogP contribution in [0.1, 0.15) is 57.8 Å². The number of piperidine rings is 1. The van der Waals surface area contributed by atoms with Crippen LogP contribution >= 0.6 is 0 Å². The molecule has 0 aromatic carbocycles. The topological polar surface area (TPSA) is 49.5 Å². The highest BCUT2D eigenvalue weighted by Crippen LogP contribution is 2.31. The van der Waals surface area contributed by atoms with Crippen molar-refractivity contribution in [2.45, 2.75) is 69.4 Å². The zero-order chi connectivity index (χ0) is 12.1. The Morgan fingerprint density at radius 3 is 2.59 bits per heavy atom. The average molecular weight is 240 g/mol. The lowest BCUT2D eigenvalue weighted by molar-refractivity contribution is -0.0426. The molecule has 3 N–H and O–H groups in total. The minimum atomic E-state index is -0.400. The molecule has 0 aromatic rings. The van der Waals surface area contributed by atoms with Crippen LogP contribution < -0.4 is 5.73 Å². The van der Waals surface area contributed by atoms with Gasteiger partial charge in [0.25, 0.3) is 0 Å². The Hall–Kier alpha value is -0.120.